The molecule has 1 fully saturated rings. The Morgan fingerprint density at radius 2 is 1.78 bits per heavy atom. The zero-order valence-electron chi connectivity index (χ0n) is 24.6. The zero-order valence-corrected chi connectivity index (χ0v) is 26.3. The lowest BCUT2D eigenvalue weighted by Crippen LogP contribution is -2.45. The number of para-hydroxylation sites is 1. The number of hydrogen-bond donors (Lipinski definition) is 1. The molecule has 0 saturated carbocycles. The van der Waals surface area contributed by atoms with E-state index in [2.05, 4.69) is 26.8 Å². The number of rotatable bonds is 8. The van der Waals surface area contributed by atoms with E-state index in [0.29, 0.717) is 44.0 Å². The van der Waals surface area contributed by atoms with Gasteiger partial charge in [0.1, 0.15) is 0 Å². The first-order chi connectivity index (χ1) is 19.5. The molecule has 2 aromatic carbocycles. The van der Waals surface area contributed by atoms with Crippen LogP contribution in [0.3, 0.4) is 0 Å². The number of nitrogens with zero attached hydrogens (tertiary/aromatic N) is 2. The fraction of sp³-hybridized carbons (Fsp3) is 0.516. The first kappa shape index (κ1) is 31.1. The third-order valence-corrected chi connectivity index (χ3v) is 9.76. The number of anilines is 1. The number of carboxylic acids is 1. The number of ether oxygens (including phenoxy) is 2. The van der Waals surface area contributed by atoms with Crippen LogP contribution >= 0.6 is 23.5 Å². The molecule has 1 saturated heterocycles. The maximum absolute atomic E-state index is 14.4. The normalized spacial score (nSPS) is 19.9. The molecule has 2 amide bonds. The maximum Gasteiger partial charge on any atom is 0.306 e. The minimum atomic E-state index is -0.818. The lowest BCUT2D eigenvalue weighted by molar-refractivity contribution is -0.145. The van der Waals surface area contributed by atoms with E-state index < -0.39 is 17.1 Å². The number of likely N-dealkylation sites (tertiary alicyclic amines) is 1. The second kappa shape index (κ2) is 13.0. The van der Waals surface area contributed by atoms with Gasteiger partial charge in [-0.2, -0.15) is 0 Å². The van der Waals surface area contributed by atoms with Crippen molar-refractivity contribution in [3.05, 3.63) is 47.5 Å². The lowest BCUT2D eigenvalue weighted by Gasteiger charge is -2.33. The second-order valence-electron chi connectivity index (χ2n) is 11.7. The summed E-state index contributed by atoms with van der Waals surface area (Å²) in [5, 5.41) is 8.43. The molecule has 2 aromatic rings. The molecule has 2 heterocycles. The van der Waals surface area contributed by atoms with Crippen molar-refractivity contribution in [3.63, 3.8) is 0 Å². The highest BCUT2D eigenvalue weighted by Gasteiger charge is 2.41. The fourth-order valence-electron chi connectivity index (χ4n) is 5.50. The summed E-state index contributed by atoms with van der Waals surface area (Å²) in [6, 6.07) is 12.0. The molecule has 10 heteroatoms. The van der Waals surface area contributed by atoms with E-state index in [1.54, 1.807) is 30.9 Å². The number of carboxylic acid groups (broad SMARTS) is 1. The third kappa shape index (κ3) is 6.97. The van der Waals surface area contributed by atoms with E-state index in [1.807, 2.05) is 41.5 Å². The van der Waals surface area contributed by atoms with Crippen LogP contribution in [0.15, 0.2) is 41.3 Å². The summed E-state index contributed by atoms with van der Waals surface area (Å²) < 4.78 is 11.5. The molecule has 1 N–H and O–H groups in total. The zero-order chi connectivity index (χ0) is 29.9. The van der Waals surface area contributed by atoms with Crippen molar-refractivity contribution < 1.29 is 29.0 Å². The highest BCUT2D eigenvalue weighted by atomic mass is 32.2. The number of hydrogen-bond acceptors (Lipinski definition) is 7. The molecule has 2 atom stereocenters. The number of benzene rings is 2. The van der Waals surface area contributed by atoms with Crippen LogP contribution in [-0.4, -0.2) is 73.1 Å². The van der Waals surface area contributed by atoms with Gasteiger partial charge in [-0.15, -0.1) is 23.5 Å². The van der Waals surface area contributed by atoms with Crippen LogP contribution in [0, 0.1) is 11.3 Å². The molecular formula is C31H40N2O6S2. The van der Waals surface area contributed by atoms with E-state index in [9.17, 15) is 19.5 Å². The van der Waals surface area contributed by atoms with Crippen LogP contribution in [0.5, 0.6) is 11.5 Å². The predicted molar refractivity (Wildman–Crippen MR) is 164 cm³/mol. The molecule has 41 heavy (non-hydrogen) atoms. The predicted octanol–water partition coefficient (Wildman–Crippen LogP) is 5.72. The van der Waals surface area contributed by atoms with E-state index in [1.165, 1.54) is 11.8 Å². The van der Waals surface area contributed by atoms with Crippen LogP contribution in [0.4, 0.5) is 5.69 Å². The van der Waals surface area contributed by atoms with Gasteiger partial charge in [-0.25, -0.2) is 0 Å². The quantitative estimate of drug-likeness (QED) is 0.384. The van der Waals surface area contributed by atoms with Crippen molar-refractivity contribution in [1.29, 1.82) is 0 Å². The smallest absolute Gasteiger partial charge is 0.306 e. The summed E-state index contributed by atoms with van der Waals surface area (Å²) in [6.07, 6.45) is 2.92. The van der Waals surface area contributed by atoms with E-state index in [-0.39, 0.29) is 28.9 Å². The van der Waals surface area contributed by atoms with E-state index in [4.69, 9.17) is 9.47 Å². The first-order valence-electron chi connectivity index (χ1n) is 13.8. The van der Waals surface area contributed by atoms with Crippen LogP contribution in [-0.2, 0) is 14.4 Å². The summed E-state index contributed by atoms with van der Waals surface area (Å²) in [4.78, 5) is 44.0. The maximum atomic E-state index is 14.4. The van der Waals surface area contributed by atoms with Gasteiger partial charge >= 0.3 is 5.97 Å². The number of thioether (sulfide) groups is 2. The van der Waals surface area contributed by atoms with Gasteiger partial charge in [0.25, 0.3) is 0 Å². The summed E-state index contributed by atoms with van der Waals surface area (Å²) in [6.45, 7) is 7.57. The first-order valence-corrected chi connectivity index (χ1v) is 16.0. The Kier molecular flexibility index (Phi) is 9.85. The molecule has 8 nitrogen and oxygen atoms in total. The monoisotopic (exact) mass is 600 g/mol. The van der Waals surface area contributed by atoms with Gasteiger partial charge in [-0.3, -0.25) is 14.4 Å². The number of carbonyl (C=O) groups is 3. The average molecular weight is 601 g/mol. The fourth-order valence-corrected chi connectivity index (χ4v) is 7.43. The third-order valence-electron chi connectivity index (χ3n) is 7.56. The molecule has 222 valence electrons. The Morgan fingerprint density at radius 3 is 2.37 bits per heavy atom. The van der Waals surface area contributed by atoms with Gasteiger partial charge in [-0.1, -0.05) is 32.9 Å². The molecule has 4 rings (SSSR count). The van der Waals surface area contributed by atoms with Crippen LogP contribution in [0.25, 0.3) is 0 Å². The number of fused-ring (bicyclic) bond motifs is 1. The Hall–Kier alpha value is -2.85. The Balaban J connectivity index is 1.79. The van der Waals surface area contributed by atoms with E-state index >= 15 is 0 Å². The minimum Gasteiger partial charge on any atom is -0.493 e. The summed E-state index contributed by atoms with van der Waals surface area (Å²) in [5.41, 5.74) is 2.52. The molecule has 0 bridgehead atoms. The van der Waals surface area contributed by atoms with Crippen molar-refractivity contribution >= 4 is 47.0 Å². The molecular weight excluding hydrogens is 560 g/mol. The van der Waals surface area contributed by atoms with Crippen molar-refractivity contribution in [3.8, 4) is 11.5 Å². The summed E-state index contributed by atoms with van der Waals surface area (Å²) >= 11 is 3.11. The SMILES string of the molecule is COc1cccc([C@@H]2S[C@@H](CC(=O)N3CCC(C(=O)O)CC3)C(=O)N(CC(C)(C)C)c3ccc(SC)cc32)c1OC. The number of methoxy groups -OCH3 is 2. The molecule has 0 radical (unpaired) electrons. The molecule has 0 spiro atoms. The number of aliphatic carboxylic acids is 1. The van der Waals surface area contributed by atoms with Gasteiger partial charge in [0, 0.05) is 42.2 Å². The van der Waals surface area contributed by atoms with Gasteiger partial charge in [-0.05, 0) is 54.3 Å². The Morgan fingerprint density at radius 1 is 1.07 bits per heavy atom. The number of amides is 2. The van der Waals surface area contributed by atoms with Crippen LogP contribution in [0.2, 0.25) is 0 Å². The van der Waals surface area contributed by atoms with Crippen molar-refractivity contribution in [2.24, 2.45) is 11.3 Å². The number of piperidine rings is 1. The van der Waals surface area contributed by atoms with Crippen LogP contribution < -0.4 is 14.4 Å². The van der Waals surface area contributed by atoms with Crippen molar-refractivity contribution in [2.75, 3.05) is 45.0 Å². The standard InChI is InChI=1S/C31H40N2O6S2/c1-31(2,3)18-33-23-11-10-20(40-6)16-22(23)28(21-8-7-9-24(38-4)27(21)39-5)41-25(29(33)35)17-26(34)32-14-12-19(13-15-32)30(36)37/h7-11,16,19,25,28H,12-15,17-18H2,1-6H3,(H,36,37)/t25-,28-/m0/s1. The van der Waals surface area contributed by atoms with Gasteiger partial charge < -0.3 is 24.4 Å². The molecule has 2 aliphatic rings. The molecule has 0 aliphatic carbocycles. The Bertz CT molecular complexity index is 1290. The lowest BCUT2D eigenvalue weighted by atomic mass is 9.94. The minimum absolute atomic E-state index is 0.0358. The largest absolute Gasteiger partial charge is 0.493 e. The molecule has 0 aromatic heterocycles. The van der Waals surface area contributed by atoms with Gasteiger partial charge in [0.2, 0.25) is 11.8 Å². The second-order valence-corrected chi connectivity index (χ2v) is 13.9. The van der Waals surface area contributed by atoms with Gasteiger partial charge in [0.15, 0.2) is 11.5 Å². The topological polar surface area (TPSA) is 96.4 Å². The number of carbonyl (C=O) groups excluding carboxylic acids is 2. The van der Waals surface area contributed by atoms with Crippen LogP contribution in [0.1, 0.15) is 56.4 Å². The molecule has 0 unspecified atom stereocenters. The van der Waals surface area contributed by atoms with E-state index in [0.717, 1.165) is 21.7 Å². The van der Waals surface area contributed by atoms with Crippen molar-refractivity contribution in [2.45, 2.75) is 55.4 Å². The summed E-state index contributed by atoms with van der Waals surface area (Å²) in [7, 11) is 3.21. The highest BCUT2D eigenvalue weighted by Crippen LogP contribution is 2.51. The van der Waals surface area contributed by atoms with Crippen molar-refractivity contribution in [1.82, 2.24) is 4.90 Å². The average Bonchev–Trinajstić information content (AvgIpc) is 3.06. The molecule has 2 aliphatic heterocycles. The van der Waals surface area contributed by atoms with Gasteiger partial charge in [0.05, 0.1) is 30.6 Å². The summed E-state index contributed by atoms with van der Waals surface area (Å²) in [5.74, 6) is -0.263. The Labute approximate surface area is 251 Å². The highest BCUT2D eigenvalue weighted by molar-refractivity contribution is 8.01.